The number of amides is 3. The molecule has 1 saturated carbocycles. The zero-order chi connectivity index (χ0) is 22.0. The van der Waals surface area contributed by atoms with Gasteiger partial charge in [-0.3, -0.25) is 9.78 Å². The van der Waals surface area contributed by atoms with Crippen molar-refractivity contribution in [3.05, 3.63) is 53.9 Å². The van der Waals surface area contributed by atoms with Gasteiger partial charge >= 0.3 is 11.5 Å². The Balaban J connectivity index is 1.49. The Labute approximate surface area is 182 Å². The van der Waals surface area contributed by atoms with E-state index in [1.54, 1.807) is 6.20 Å². The van der Waals surface area contributed by atoms with E-state index < -0.39 is 17.4 Å². The molecule has 1 aliphatic carbocycles. The number of carbonyl (C=O) groups is 2. The van der Waals surface area contributed by atoms with Gasteiger partial charge in [0.15, 0.2) is 0 Å². The smallest absolute Gasteiger partial charge is 0.310 e. The van der Waals surface area contributed by atoms with Crippen molar-refractivity contribution in [1.29, 1.82) is 0 Å². The number of carbonyl (C=O) groups excluding carboxylic acids is 2. The Morgan fingerprint density at radius 1 is 1.03 bits per heavy atom. The Morgan fingerprint density at radius 3 is 2.42 bits per heavy atom. The molecule has 9 heteroatoms. The molecule has 5 nitrogen and oxygen atoms in total. The average molecular weight is 449 g/mol. The van der Waals surface area contributed by atoms with Crippen LogP contribution in [0.15, 0.2) is 47.6 Å². The average Bonchev–Trinajstić information content (AvgIpc) is 3.02. The predicted octanol–water partition coefficient (Wildman–Crippen LogP) is 5.71. The number of nitrogens with zero attached hydrogens (tertiary/aromatic N) is 3. The third kappa shape index (κ3) is 5.03. The maximum Gasteiger partial charge on any atom is 0.446 e. The van der Waals surface area contributed by atoms with Crippen LogP contribution in [0.3, 0.4) is 0 Å². The Morgan fingerprint density at radius 2 is 1.74 bits per heavy atom. The fourth-order valence-corrected chi connectivity index (χ4v) is 4.83. The summed E-state index contributed by atoms with van der Waals surface area (Å²) in [7, 11) is 0. The molecule has 0 unspecified atom stereocenters. The molecule has 2 fully saturated rings. The highest BCUT2D eigenvalue weighted by molar-refractivity contribution is 8.00. The lowest BCUT2D eigenvalue weighted by Crippen LogP contribution is -2.33. The van der Waals surface area contributed by atoms with E-state index in [-0.39, 0.29) is 28.9 Å². The first-order valence-electron chi connectivity index (χ1n) is 10.2. The SMILES string of the molecule is O=C1CN(Cc2ccncc2C2CCCCC2)C(=O)N1c1ccc(SC(F)(F)F)cc1. The van der Waals surface area contributed by atoms with Crippen molar-refractivity contribution in [1.82, 2.24) is 9.88 Å². The van der Waals surface area contributed by atoms with E-state index in [1.807, 2.05) is 12.3 Å². The highest BCUT2D eigenvalue weighted by Gasteiger charge is 2.38. The highest BCUT2D eigenvalue weighted by atomic mass is 32.2. The summed E-state index contributed by atoms with van der Waals surface area (Å²) in [5.74, 6) is 0.0233. The molecule has 2 aliphatic rings. The Bertz CT molecular complexity index is 959. The van der Waals surface area contributed by atoms with Crippen molar-refractivity contribution in [2.75, 3.05) is 11.4 Å². The normalized spacial score (nSPS) is 18.2. The van der Waals surface area contributed by atoms with Crippen LogP contribution < -0.4 is 4.90 Å². The molecule has 3 amide bonds. The monoisotopic (exact) mass is 449 g/mol. The zero-order valence-electron chi connectivity index (χ0n) is 16.8. The molecule has 0 radical (unpaired) electrons. The molecule has 0 spiro atoms. The molecule has 0 N–H and O–H groups in total. The van der Waals surface area contributed by atoms with Crippen LogP contribution in [0, 0.1) is 0 Å². The van der Waals surface area contributed by atoms with Crippen molar-refractivity contribution in [3.63, 3.8) is 0 Å². The van der Waals surface area contributed by atoms with Crippen molar-refractivity contribution < 1.29 is 22.8 Å². The third-order valence-electron chi connectivity index (χ3n) is 5.72. The summed E-state index contributed by atoms with van der Waals surface area (Å²) in [5.41, 5.74) is -2.00. The van der Waals surface area contributed by atoms with Gasteiger partial charge in [0.1, 0.15) is 6.54 Å². The summed E-state index contributed by atoms with van der Waals surface area (Å²) < 4.78 is 37.6. The van der Waals surface area contributed by atoms with E-state index in [0.29, 0.717) is 12.5 Å². The minimum atomic E-state index is -4.39. The minimum Gasteiger partial charge on any atom is -0.310 e. The lowest BCUT2D eigenvalue weighted by Gasteiger charge is -2.25. The standard InChI is InChI=1S/C22H22F3N3O2S/c23-22(24,25)31-18-8-6-17(7-9-18)28-20(29)14-27(21(28)30)13-16-10-11-26-12-19(16)15-4-2-1-3-5-15/h6-12,15H,1-5,13-14H2. The summed E-state index contributed by atoms with van der Waals surface area (Å²) >= 11 is -0.234. The van der Waals surface area contributed by atoms with Crippen LogP contribution in [0.25, 0.3) is 0 Å². The molecule has 2 heterocycles. The highest BCUT2D eigenvalue weighted by Crippen LogP contribution is 2.38. The number of benzene rings is 1. The molecule has 164 valence electrons. The van der Waals surface area contributed by atoms with Crippen LogP contribution in [0.1, 0.15) is 49.1 Å². The van der Waals surface area contributed by atoms with Crippen molar-refractivity contribution in [2.45, 2.75) is 55.0 Å². The third-order valence-corrected chi connectivity index (χ3v) is 6.46. The summed E-state index contributed by atoms with van der Waals surface area (Å²) in [6.07, 6.45) is 9.34. The van der Waals surface area contributed by atoms with Gasteiger partial charge in [-0.25, -0.2) is 9.69 Å². The Kier molecular flexibility index (Phi) is 6.22. The molecular formula is C22H22F3N3O2S. The van der Waals surface area contributed by atoms with E-state index in [1.165, 1.54) is 48.4 Å². The number of pyridine rings is 1. The van der Waals surface area contributed by atoms with Crippen LogP contribution in [0.4, 0.5) is 23.7 Å². The predicted molar refractivity (Wildman–Crippen MR) is 112 cm³/mol. The lowest BCUT2D eigenvalue weighted by molar-refractivity contribution is -0.116. The lowest BCUT2D eigenvalue weighted by atomic mass is 9.83. The zero-order valence-corrected chi connectivity index (χ0v) is 17.6. The minimum absolute atomic E-state index is 0.00103. The summed E-state index contributed by atoms with van der Waals surface area (Å²) in [6, 6.07) is 6.70. The second-order valence-corrected chi connectivity index (χ2v) is 8.96. The van der Waals surface area contributed by atoms with Gasteiger partial charge in [0.2, 0.25) is 0 Å². The number of hydrogen-bond acceptors (Lipinski definition) is 4. The number of imide groups is 1. The number of aromatic nitrogens is 1. The first-order valence-corrected chi connectivity index (χ1v) is 11.0. The van der Waals surface area contributed by atoms with Crippen molar-refractivity contribution in [2.24, 2.45) is 0 Å². The van der Waals surface area contributed by atoms with Gasteiger partial charge in [0.25, 0.3) is 5.91 Å². The fourth-order valence-electron chi connectivity index (χ4n) is 4.29. The van der Waals surface area contributed by atoms with Gasteiger partial charge in [-0.1, -0.05) is 19.3 Å². The van der Waals surface area contributed by atoms with E-state index in [4.69, 9.17) is 0 Å². The fraction of sp³-hybridized carbons (Fsp3) is 0.409. The van der Waals surface area contributed by atoms with E-state index in [2.05, 4.69) is 4.98 Å². The van der Waals surface area contributed by atoms with E-state index in [9.17, 15) is 22.8 Å². The molecule has 31 heavy (non-hydrogen) atoms. The van der Waals surface area contributed by atoms with Crippen LogP contribution in [0.2, 0.25) is 0 Å². The molecule has 2 aromatic rings. The number of hydrogen-bond donors (Lipinski definition) is 0. The second kappa shape index (κ2) is 8.90. The quantitative estimate of drug-likeness (QED) is 0.433. The number of anilines is 1. The maximum absolute atomic E-state index is 13.0. The maximum atomic E-state index is 13.0. The van der Waals surface area contributed by atoms with Gasteiger partial charge in [-0.15, -0.1) is 0 Å². The van der Waals surface area contributed by atoms with E-state index in [0.717, 1.165) is 28.9 Å². The summed E-state index contributed by atoms with van der Waals surface area (Å²) in [4.78, 5) is 32.3. The van der Waals surface area contributed by atoms with Crippen molar-refractivity contribution in [3.8, 4) is 0 Å². The first kappa shape index (κ1) is 21.7. The van der Waals surface area contributed by atoms with Crippen LogP contribution >= 0.6 is 11.8 Å². The summed E-state index contributed by atoms with van der Waals surface area (Å²) in [6.45, 7) is 0.238. The number of alkyl halides is 3. The van der Waals surface area contributed by atoms with Crippen LogP contribution in [-0.4, -0.2) is 33.9 Å². The van der Waals surface area contributed by atoms with Gasteiger partial charge in [0, 0.05) is 23.8 Å². The molecular weight excluding hydrogens is 427 g/mol. The van der Waals surface area contributed by atoms with Gasteiger partial charge in [0.05, 0.1) is 5.69 Å². The molecule has 0 atom stereocenters. The number of halogens is 3. The molecule has 4 rings (SSSR count). The largest absolute Gasteiger partial charge is 0.446 e. The topological polar surface area (TPSA) is 53.5 Å². The Hall–Kier alpha value is -2.55. The molecule has 0 bridgehead atoms. The number of rotatable bonds is 5. The van der Waals surface area contributed by atoms with Gasteiger partial charge in [-0.2, -0.15) is 13.2 Å². The van der Waals surface area contributed by atoms with E-state index >= 15 is 0 Å². The van der Waals surface area contributed by atoms with Crippen molar-refractivity contribution >= 4 is 29.4 Å². The van der Waals surface area contributed by atoms with Crippen LogP contribution in [-0.2, 0) is 11.3 Å². The van der Waals surface area contributed by atoms with Gasteiger partial charge < -0.3 is 4.90 Å². The molecule has 1 aliphatic heterocycles. The van der Waals surface area contributed by atoms with Gasteiger partial charge in [-0.05, 0) is 72.0 Å². The van der Waals surface area contributed by atoms with Crippen LogP contribution in [0.5, 0.6) is 0 Å². The molecule has 1 aromatic heterocycles. The number of urea groups is 1. The second-order valence-electron chi connectivity index (χ2n) is 7.82. The first-order chi connectivity index (χ1) is 14.8. The molecule has 1 aromatic carbocycles. The number of thioether (sulfide) groups is 1. The molecule has 1 saturated heterocycles. The summed E-state index contributed by atoms with van der Waals surface area (Å²) in [5, 5.41) is 0.